The Balaban J connectivity index is 1.80. The maximum Gasteiger partial charge on any atom is 0.259 e. The fourth-order valence-corrected chi connectivity index (χ4v) is 2.28. The summed E-state index contributed by atoms with van der Waals surface area (Å²) >= 11 is 0. The third-order valence-corrected chi connectivity index (χ3v) is 3.37. The standard InChI is InChI=1S/C15H10N6O/c22-15-11-3-1-2-4-12(11)16-13(17-15)9-5-7-10(8-6-9)14-18-20-21-19-14/h1-8H,(H,16,17,22)(H,18,19,20,21). The predicted molar refractivity (Wildman–Crippen MR) is 81.0 cm³/mol. The van der Waals surface area contributed by atoms with E-state index in [0.717, 1.165) is 11.1 Å². The largest absolute Gasteiger partial charge is 0.306 e. The smallest absolute Gasteiger partial charge is 0.259 e. The van der Waals surface area contributed by atoms with Crippen LogP contribution in [0.5, 0.6) is 0 Å². The Morgan fingerprint density at radius 2 is 1.68 bits per heavy atom. The van der Waals surface area contributed by atoms with E-state index in [0.29, 0.717) is 22.6 Å². The molecule has 0 aliphatic rings. The number of H-pyrrole nitrogens is 2. The summed E-state index contributed by atoms with van der Waals surface area (Å²) in [6.07, 6.45) is 0. The molecule has 4 aromatic rings. The van der Waals surface area contributed by atoms with E-state index < -0.39 is 0 Å². The van der Waals surface area contributed by atoms with Gasteiger partial charge in [0.15, 0.2) is 0 Å². The molecule has 0 aliphatic heterocycles. The third kappa shape index (κ3) is 2.05. The molecule has 0 unspecified atom stereocenters. The Morgan fingerprint density at radius 1 is 0.909 bits per heavy atom. The molecule has 2 aromatic heterocycles. The van der Waals surface area contributed by atoms with E-state index in [-0.39, 0.29) is 5.56 Å². The zero-order valence-corrected chi connectivity index (χ0v) is 11.3. The van der Waals surface area contributed by atoms with Gasteiger partial charge >= 0.3 is 0 Å². The van der Waals surface area contributed by atoms with Crippen LogP contribution in [0.15, 0.2) is 53.3 Å². The Hall–Kier alpha value is -3.35. The molecule has 106 valence electrons. The van der Waals surface area contributed by atoms with Crippen molar-refractivity contribution in [2.24, 2.45) is 0 Å². The number of hydrogen-bond acceptors (Lipinski definition) is 5. The molecule has 0 amide bonds. The number of nitrogens with zero attached hydrogens (tertiary/aromatic N) is 4. The van der Waals surface area contributed by atoms with Gasteiger partial charge in [-0.2, -0.15) is 5.21 Å². The van der Waals surface area contributed by atoms with Gasteiger partial charge in [0.05, 0.1) is 10.9 Å². The minimum Gasteiger partial charge on any atom is -0.306 e. The van der Waals surface area contributed by atoms with Crippen LogP contribution in [0.3, 0.4) is 0 Å². The van der Waals surface area contributed by atoms with Crippen molar-refractivity contribution in [2.45, 2.75) is 0 Å². The molecule has 0 aliphatic carbocycles. The third-order valence-electron chi connectivity index (χ3n) is 3.37. The van der Waals surface area contributed by atoms with Crippen molar-refractivity contribution in [3.8, 4) is 22.8 Å². The molecule has 2 aromatic carbocycles. The maximum absolute atomic E-state index is 12.1. The highest BCUT2D eigenvalue weighted by Gasteiger charge is 2.07. The van der Waals surface area contributed by atoms with Crippen LogP contribution in [-0.4, -0.2) is 30.6 Å². The van der Waals surface area contributed by atoms with Gasteiger partial charge in [-0.05, 0) is 17.3 Å². The summed E-state index contributed by atoms with van der Waals surface area (Å²) in [4.78, 5) is 19.4. The number of aromatic amines is 2. The summed E-state index contributed by atoms with van der Waals surface area (Å²) in [7, 11) is 0. The first-order valence-electron chi connectivity index (χ1n) is 6.64. The first kappa shape index (κ1) is 12.4. The lowest BCUT2D eigenvalue weighted by molar-refractivity contribution is 0.881. The minimum absolute atomic E-state index is 0.150. The van der Waals surface area contributed by atoms with E-state index >= 15 is 0 Å². The summed E-state index contributed by atoms with van der Waals surface area (Å²) in [5.74, 6) is 1.05. The molecule has 22 heavy (non-hydrogen) atoms. The summed E-state index contributed by atoms with van der Waals surface area (Å²) < 4.78 is 0. The Labute approximate surface area is 124 Å². The summed E-state index contributed by atoms with van der Waals surface area (Å²) in [6.45, 7) is 0. The molecule has 4 rings (SSSR count). The first-order valence-corrected chi connectivity index (χ1v) is 6.64. The molecule has 0 saturated carbocycles. The van der Waals surface area contributed by atoms with Crippen LogP contribution in [0.25, 0.3) is 33.7 Å². The lowest BCUT2D eigenvalue weighted by Crippen LogP contribution is -2.09. The van der Waals surface area contributed by atoms with Crippen LogP contribution in [0.2, 0.25) is 0 Å². The zero-order chi connectivity index (χ0) is 14.9. The van der Waals surface area contributed by atoms with Crippen LogP contribution >= 0.6 is 0 Å². The number of benzene rings is 2. The molecule has 2 N–H and O–H groups in total. The molecule has 0 bridgehead atoms. The van der Waals surface area contributed by atoms with E-state index in [2.05, 4.69) is 30.6 Å². The second-order valence-electron chi connectivity index (χ2n) is 4.74. The van der Waals surface area contributed by atoms with Gasteiger partial charge in [0, 0.05) is 11.1 Å². The molecule has 7 heteroatoms. The highest BCUT2D eigenvalue weighted by Crippen LogP contribution is 2.20. The van der Waals surface area contributed by atoms with Crippen LogP contribution in [0, 0.1) is 0 Å². The van der Waals surface area contributed by atoms with Gasteiger partial charge in [-0.1, -0.05) is 36.4 Å². The van der Waals surface area contributed by atoms with E-state index in [1.165, 1.54) is 0 Å². The van der Waals surface area contributed by atoms with Gasteiger partial charge in [-0.25, -0.2) is 4.98 Å². The number of nitrogens with one attached hydrogen (secondary N) is 2. The van der Waals surface area contributed by atoms with Crippen molar-refractivity contribution in [1.82, 2.24) is 30.6 Å². The topological polar surface area (TPSA) is 100 Å². The van der Waals surface area contributed by atoms with Crippen molar-refractivity contribution >= 4 is 10.9 Å². The molecular weight excluding hydrogens is 280 g/mol. The van der Waals surface area contributed by atoms with E-state index in [4.69, 9.17) is 0 Å². The summed E-state index contributed by atoms with van der Waals surface area (Å²) in [5, 5.41) is 14.4. The van der Waals surface area contributed by atoms with Gasteiger partial charge in [-0.15, -0.1) is 10.2 Å². The number of hydrogen-bond donors (Lipinski definition) is 2. The Kier molecular flexibility index (Phi) is 2.75. The van der Waals surface area contributed by atoms with Crippen LogP contribution in [0.4, 0.5) is 0 Å². The lowest BCUT2D eigenvalue weighted by atomic mass is 10.1. The molecule has 0 radical (unpaired) electrons. The second-order valence-corrected chi connectivity index (χ2v) is 4.74. The van der Waals surface area contributed by atoms with Gasteiger partial charge in [0.2, 0.25) is 5.82 Å². The number of fused-ring (bicyclic) bond motifs is 1. The fraction of sp³-hybridized carbons (Fsp3) is 0. The highest BCUT2D eigenvalue weighted by molar-refractivity contribution is 5.79. The average Bonchev–Trinajstić information content (AvgIpc) is 3.09. The normalized spacial score (nSPS) is 10.9. The zero-order valence-electron chi connectivity index (χ0n) is 11.3. The van der Waals surface area contributed by atoms with Gasteiger partial charge in [0.25, 0.3) is 5.56 Å². The van der Waals surface area contributed by atoms with Crippen molar-refractivity contribution in [2.75, 3.05) is 0 Å². The Bertz CT molecular complexity index is 989. The number of aromatic nitrogens is 6. The number of rotatable bonds is 2. The first-order chi connectivity index (χ1) is 10.8. The minimum atomic E-state index is -0.150. The average molecular weight is 290 g/mol. The van der Waals surface area contributed by atoms with Gasteiger partial charge < -0.3 is 4.98 Å². The van der Waals surface area contributed by atoms with Crippen LogP contribution in [-0.2, 0) is 0 Å². The van der Waals surface area contributed by atoms with Crippen LogP contribution < -0.4 is 5.56 Å². The molecule has 0 fully saturated rings. The van der Waals surface area contributed by atoms with E-state index in [1.807, 2.05) is 42.5 Å². The molecule has 7 nitrogen and oxygen atoms in total. The highest BCUT2D eigenvalue weighted by atomic mass is 16.1. The van der Waals surface area contributed by atoms with Crippen molar-refractivity contribution in [1.29, 1.82) is 0 Å². The predicted octanol–water partition coefficient (Wildman–Crippen LogP) is 1.77. The SMILES string of the molecule is O=c1[nH]c(-c2ccc(-c3nn[nH]n3)cc2)nc2ccccc12. The molecular formula is C15H10N6O. The van der Waals surface area contributed by atoms with Crippen LogP contribution in [0.1, 0.15) is 0 Å². The molecule has 2 heterocycles. The maximum atomic E-state index is 12.1. The quantitative estimate of drug-likeness (QED) is 0.586. The Morgan fingerprint density at radius 3 is 2.45 bits per heavy atom. The van der Waals surface area contributed by atoms with Crippen molar-refractivity contribution in [3.05, 3.63) is 58.9 Å². The lowest BCUT2D eigenvalue weighted by Gasteiger charge is -2.03. The number of para-hydroxylation sites is 1. The van der Waals surface area contributed by atoms with Crippen molar-refractivity contribution < 1.29 is 0 Å². The van der Waals surface area contributed by atoms with Gasteiger partial charge in [0.1, 0.15) is 5.82 Å². The monoisotopic (exact) mass is 290 g/mol. The summed E-state index contributed by atoms with van der Waals surface area (Å²) in [5.41, 5.74) is 2.17. The van der Waals surface area contributed by atoms with Gasteiger partial charge in [-0.3, -0.25) is 4.79 Å². The summed E-state index contributed by atoms with van der Waals surface area (Å²) in [6, 6.07) is 14.7. The van der Waals surface area contributed by atoms with Crippen molar-refractivity contribution in [3.63, 3.8) is 0 Å². The fourth-order valence-electron chi connectivity index (χ4n) is 2.28. The molecule has 0 spiro atoms. The van der Waals surface area contributed by atoms with E-state index in [1.54, 1.807) is 6.07 Å². The number of tetrazole rings is 1. The van der Waals surface area contributed by atoms with E-state index in [9.17, 15) is 4.79 Å². The molecule has 0 saturated heterocycles. The second kappa shape index (κ2) is 4.88. The molecule has 0 atom stereocenters.